The highest BCUT2D eigenvalue weighted by Gasteiger charge is 2.13. The molecule has 166 valence electrons. The van der Waals surface area contributed by atoms with Crippen LogP contribution in [0.2, 0.25) is 0 Å². The molecule has 0 radical (unpaired) electrons. The van der Waals surface area contributed by atoms with Crippen molar-refractivity contribution >= 4 is 27.5 Å². The van der Waals surface area contributed by atoms with Gasteiger partial charge >= 0.3 is 0 Å². The number of carbonyl (C=O) groups excluding carboxylic acids is 1. The number of thiophene rings is 1. The van der Waals surface area contributed by atoms with Gasteiger partial charge in [-0.25, -0.2) is 9.67 Å². The monoisotopic (exact) mass is 449 g/mol. The fraction of sp³-hybridized carbons (Fsp3) is 0.333. The van der Waals surface area contributed by atoms with Gasteiger partial charge in [-0.3, -0.25) is 9.59 Å². The quantitative estimate of drug-likeness (QED) is 0.401. The van der Waals surface area contributed by atoms with Crippen LogP contribution in [-0.2, 0) is 17.6 Å². The number of nitrogens with zero attached hydrogens (tertiary/aromatic N) is 3. The molecule has 0 fully saturated rings. The van der Waals surface area contributed by atoms with E-state index in [0.29, 0.717) is 30.6 Å². The number of para-hydroxylation sites is 1. The van der Waals surface area contributed by atoms with Crippen LogP contribution in [0.3, 0.4) is 0 Å². The molecular formula is C24H27N5O2S. The second-order valence-corrected chi connectivity index (χ2v) is 9.15. The summed E-state index contributed by atoms with van der Waals surface area (Å²) in [6.07, 6.45) is 4.45. The largest absolute Gasteiger partial charge is 0.356 e. The van der Waals surface area contributed by atoms with Crippen molar-refractivity contribution in [2.45, 2.75) is 46.5 Å². The van der Waals surface area contributed by atoms with Gasteiger partial charge in [-0.1, -0.05) is 18.2 Å². The molecule has 0 spiro atoms. The Kier molecular flexibility index (Phi) is 6.50. The minimum Gasteiger partial charge on any atom is -0.356 e. The van der Waals surface area contributed by atoms with Crippen LogP contribution in [0.4, 0.5) is 0 Å². The molecule has 3 heterocycles. The molecule has 4 rings (SSSR count). The Balaban J connectivity index is 1.25. The molecule has 8 heteroatoms. The number of aromatic nitrogens is 4. The van der Waals surface area contributed by atoms with Crippen LogP contribution in [0.5, 0.6) is 0 Å². The molecule has 0 aliphatic carbocycles. The third kappa shape index (κ3) is 4.80. The molecule has 0 atom stereocenters. The van der Waals surface area contributed by atoms with Crippen LogP contribution in [0.25, 0.3) is 15.9 Å². The van der Waals surface area contributed by atoms with E-state index in [1.807, 2.05) is 55.8 Å². The summed E-state index contributed by atoms with van der Waals surface area (Å²) in [5.41, 5.74) is 4.07. The van der Waals surface area contributed by atoms with Gasteiger partial charge in [0.05, 0.1) is 16.8 Å². The average molecular weight is 450 g/mol. The third-order valence-electron chi connectivity index (χ3n) is 5.64. The van der Waals surface area contributed by atoms with Crippen LogP contribution in [0.1, 0.15) is 40.4 Å². The Morgan fingerprint density at radius 1 is 1.16 bits per heavy atom. The number of nitrogens with one attached hydrogen (secondary N) is 2. The van der Waals surface area contributed by atoms with Gasteiger partial charge in [0.25, 0.3) is 5.56 Å². The molecule has 7 nitrogen and oxygen atoms in total. The summed E-state index contributed by atoms with van der Waals surface area (Å²) in [6, 6.07) is 10.0. The number of aromatic amines is 1. The van der Waals surface area contributed by atoms with Gasteiger partial charge in [-0.2, -0.15) is 5.10 Å². The van der Waals surface area contributed by atoms with Crippen molar-refractivity contribution in [2.24, 2.45) is 0 Å². The number of rotatable bonds is 8. The lowest BCUT2D eigenvalue weighted by molar-refractivity contribution is -0.121. The highest BCUT2D eigenvalue weighted by molar-refractivity contribution is 7.18. The Labute approximate surface area is 190 Å². The molecular weight excluding hydrogens is 422 g/mol. The predicted octanol–water partition coefficient (Wildman–Crippen LogP) is 3.78. The van der Waals surface area contributed by atoms with Crippen molar-refractivity contribution in [3.8, 4) is 5.69 Å². The number of fused-ring (bicyclic) bond motifs is 1. The SMILES string of the molecule is Cc1nn(-c2ccccc2)cc1CCCNC(=O)CCc1nc2sc(C)c(C)c2c(=O)[nH]1. The number of carbonyl (C=O) groups is 1. The first kappa shape index (κ1) is 22.0. The van der Waals surface area contributed by atoms with Gasteiger partial charge in [-0.15, -0.1) is 11.3 Å². The molecule has 0 saturated carbocycles. The van der Waals surface area contributed by atoms with E-state index in [1.165, 1.54) is 16.9 Å². The van der Waals surface area contributed by atoms with Crippen molar-refractivity contribution in [1.82, 2.24) is 25.1 Å². The molecule has 4 aromatic rings. The van der Waals surface area contributed by atoms with E-state index < -0.39 is 0 Å². The molecule has 2 N–H and O–H groups in total. The maximum Gasteiger partial charge on any atom is 0.259 e. The minimum absolute atomic E-state index is 0.0389. The fourth-order valence-electron chi connectivity index (χ4n) is 3.70. The zero-order chi connectivity index (χ0) is 22.7. The highest BCUT2D eigenvalue weighted by Crippen LogP contribution is 2.25. The summed E-state index contributed by atoms with van der Waals surface area (Å²) in [5, 5.41) is 8.21. The van der Waals surface area contributed by atoms with E-state index in [-0.39, 0.29) is 11.5 Å². The summed E-state index contributed by atoms with van der Waals surface area (Å²) >= 11 is 1.52. The van der Waals surface area contributed by atoms with Crippen LogP contribution in [-0.4, -0.2) is 32.2 Å². The summed E-state index contributed by atoms with van der Waals surface area (Å²) in [6.45, 7) is 6.53. The van der Waals surface area contributed by atoms with E-state index in [9.17, 15) is 9.59 Å². The van der Waals surface area contributed by atoms with E-state index in [0.717, 1.165) is 39.5 Å². The molecule has 0 saturated heterocycles. The predicted molar refractivity (Wildman–Crippen MR) is 128 cm³/mol. The summed E-state index contributed by atoms with van der Waals surface area (Å²) in [7, 11) is 0. The van der Waals surface area contributed by atoms with Crippen molar-refractivity contribution in [3.63, 3.8) is 0 Å². The minimum atomic E-state index is -0.126. The summed E-state index contributed by atoms with van der Waals surface area (Å²) in [5.74, 6) is 0.519. The van der Waals surface area contributed by atoms with Gasteiger partial charge in [0, 0.05) is 30.5 Å². The third-order valence-corrected chi connectivity index (χ3v) is 6.74. The lowest BCUT2D eigenvalue weighted by Gasteiger charge is -2.05. The second-order valence-electron chi connectivity index (χ2n) is 7.95. The molecule has 0 unspecified atom stereocenters. The number of H-pyrrole nitrogens is 1. The van der Waals surface area contributed by atoms with Crippen LogP contribution < -0.4 is 10.9 Å². The van der Waals surface area contributed by atoms with Crippen molar-refractivity contribution in [3.05, 3.63) is 74.4 Å². The lowest BCUT2D eigenvalue weighted by atomic mass is 10.1. The first-order valence-corrected chi connectivity index (χ1v) is 11.6. The van der Waals surface area contributed by atoms with Crippen molar-refractivity contribution in [1.29, 1.82) is 0 Å². The number of benzene rings is 1. The van der Waals surface area contributed by atoms with Gasteiger partial charge in [0.2, 0.25) is 5.91 Å². The van der Waals surface area contributed by atoms with Crippen molar-refractivity contribution < 1.29 is 4.79 Å². The average Bonchev–Trinajstić information content (AvgIpc) is 3.29. The zero-order valence-corrected chi connectivity index (χ0v) is 19.4. The standard InChI is InChI=1S/C24H27N5O2S/c1-15-17(3)32-24-22(15)23(31)26-20(27-24)11-12-21(30)25-13-7-8-18-14-29(28-16(18)2)19-9-5-4-6-10-19/h4-6,9-10,14H,7-8,11-13H2,1-3H3,(H,25,30)(H,26,27,31). The summed E-state index contributed by atoms with van der Waals surface area (Å²) in [4.78, 5) is 33.8. The maximum atomic E-state index is 12.3. The fourth-order valence-corrected chi connectivity index (χ4v) is 4.75. The first-order chi connectivity index (χ1) is 15.4. The van der Waals surface area contributed by atoms with Crippen LogP contribution in [0.15, 0.2) is 41.3 Å². The van der Waals surface area contributed by atoms with Gasteiger partial charge in [-0.05, 0) is 56.9 Å². The smallest absolute Gasteiger partial charge is 0.259 e. The Morgan fingerprint density at radius 3 is 2.72 bits per heavy atom. The normalized spacial score (nSPS) is 11.2. The Bertz CT molecular complexity index is 1300. The van der Waals surface area contributed by atoms with Gasteiger partial charge < -0.3 is 10.3 Å². The highest BCUT2D eigenvalue weighted by atomic mass is 32.1. The molecule has 1 amide bonds. The first-order valence-electron chi connectivity index (χ1n) is 10.8. The zero-order valence-electron chi connectivity index (χ0n) is 18.6. The topological polar surface area (TPSA) is 92.7 Å². The Morgan fingerprint density at radius 2 is 1.94 bits per heavy atom. The van der Waals surface area contributed by atoms with Gasteiger partial charge in [0.1, 0.15) is 10.7 Å². The number of hydrogen-bond acceptors (Lipinski definition) is 5. The van der Waals surface area contributed by atoms with E-state index in [1.54, 1.807) is 0 Å². The van der Waals surface area contributed by atoms with Crippen LogP contribution >= 0.6 is 11.3 Å². The van der Waals surface area contributed by atoms with Crippen LogP contribution in [0, 0.1) is 20.8 Å². The van der Waals surface area contributed by atoms with Gasteiger partial charge in [0.15, 0.2) is 0 Å². The van der Waals surface area contributed by atoms with E-state index in [2.05, 4.69) is 26.6 Å². The van der Waals surface area contributed by atoms with E-state index in [4.69, 9.17) is 0 Å². The molecule has 0 bridgehead atoms. The molecule has 0 aliphatic rings. The molecule has 1 aromatic carbocycles. The Hall–Kier alpha value is -3.26. The lowest BCUT2D eigenvalue weighted by Crippen LogP contribution is -2.25. The number of amides is 1. The molecule has 3 aromatic heterocycles. The number of hydrogen-bond donors (Lipinski definition) is 2. The van der Waals surface area contributed by atoms with E-state index >= 15 is 0 Å². The van der Waals surface area contributed by atoms with Crippen molar-refractivity contribution in [2.75, 3.05) is 6.54 Å². The summed E-state index contributed by atoms with van der Waals surface area (Å²) < 4.78 is 1.89. The maximum absolute atomic E-state index is 12.3. The molecule has 32 heavy (non-hydrogen) atoms. The number of aryl methyl sites for hydroxylation is 5. The second kappa shape index (κ2) is 9.48. The molecule has 0 aliphatic heterocycles.